The Hall–Kier alpha value is -1.06. The third kappa shape index (κ3) is 4.25. The summed E-state index contributed by atoms with van der Waals surface area (Å²) in [6.45, 7) is 2.26. The summed E-state index contributed by atoms with van der Waals surface area (Å²) in [6, 6.07) is 7.33. The summed E-state index contributed by atoms with van der Waals surface area (Å²) in [5.74, 6) is 0. The predicted molar refractivity (Wildman–Crippen MR) is 58.4 cm³/mol. The maximum atomic E-state index is 5.73. The van der Waals surface area contributed by atoms with Gasteiger partial charge < -0.3 is 10.6 Å². The van der Waals surface area contributed by atoms with Crippen LogP contribution in [-0.4, -0.2) is 12.3 Å². The molecule has 0 radical (unpaired) electrons. The number of benzene rings is 1. The van der Waals surface area contributed by atoms with Gasteiger partial charge in [0.05, 0.1) is 6.21 Å². The summed E-state index contributed by atoms with van der Waals surface area (Å²) >= 11 is 5.73. The molecular formula is C10H13ClN2O. The van der Waals surface area contributed by atoms with Gasteiger partial charge in [0, 0.05) is 11.1 Å². The topological polar surface area (TPSA) is 47.6 Å². The van der Waals surface area contributed by atoms with Crippen LogP contribution in [0.2, 0.25) is 5.02 Å². The van der Waals surface area contributed by atoms with Crippen LogP contribution in [0, 0.1) is 0 Å². The molecule has 76 valence electrons. The van der Waals surface area contributed by atoms with Gasteiger partial charge >= 0.3 is 0 Å². The molecule has 0 saturated carbocycles. The lowest BCUT2D eigenvalue weighted by Crippen LogP contribution is -2.15. The molecule has 0 spiro atoms. The van der Waals surface area contributed by atoms with E-state index >= 15 is 0 Å². The van der Waals surface area contributed by atoms with Gasteiger partial charge in [0.2, 0.25) is 0 Å². The van der Waals surface area contributed by atoms with E-state index in [1.54, 1.807) is 6.21 Å². The van der Waals surface area contributed by atoms with Gasteiger partial charge in [-0.05, 0) is 24.6 Å². The Bertz CT molecular complexity index is 295. The van der Waals surface area contributed by atoms with Crippen molar-refractivity contribution in [3.05, 3.63) is 34.9 Å². The fourth-order valence-electron chi connectivity index (χ4n) is 0.831. The molecule has 1 aromatic rings. The number of nitrogens with zero attached hydrogens (tertiary/aromatic N) is 1. The highest BCUT2D eigenvalue weighted by Crippen LogP contribution is 2.10. The summed E-state index contributed by atoms with van der Waals surface area (Å²) in [6.07, 6.45) is 1.55. The molecule has 2 N–H and O–H groups in total. The molecule has 1 aromatic carbocycles. The van der Waals surface area contributed by atoms with E-state index in [0.29, 0.717) is 11.6 Å². The van der Waals surface area contributed by atoms with E-state index in [2.05, 4.69) is 5.16 Å². The molecule has 0 saturated heterocycles. The standard InChI is InChI=1S/C10H13ClN2O/c1-8(12)6-13-14-7-9-2-4-10(11)5-3-9/h2-6,8H,7,12H2,1H3. The van der Waals surface area contributed by atoms with E-state index in [4.69, 9.17) is 22.2 Å². The molecule has 14 heavy (non-hydrogen) atoms. The molecule has 0 bridgehead atoms. The largest absolute Gasteiger partial charge is 0.391 e. The van der Waals surface area contributed by atoms with E-state index in [-0.39, 0.29) is 6.04 Å². The monoisotopic (exact) mass is 212 g/mol. The highest BCUT2D eigenvalue weighted by molar-refractivity contribution is 6.30. The smallest absolute Gasteiger partial charge is 0.142 e. The zero-order valence-electron chi connectivity index (χ0n) is 7.98. The molecule has 0 amide bonds. The first-order valence-corrected chi connectivity index (χ1v) is 4.72. The zero-order chi connectivity index (χ0) is 10.4. The fourth-order valence-corrected chi connectivity index (χ4v) is 0.957. The quantitative estimate of drug-likeness (QED) is 0.615. The number of hydrogen-bond donors (Lipinski definition) is 1. The van der Waals surface area contributed by atoms with Crippen molar-refractivity contribution in [2.45, 2.75) is 19.6 Å². The molecule has 3 nitrogen and oxygen atoms in total. The predicted octanol–water partition coefficient (Wildman–Crippen LogP) is 2.19. The summed E-state index contributed by atoms with van der Waals surface area (Å²) in [5, 5.41) is 4.42. The van der Waals surface area contributed by atoms with Crippen molar-refractivity contribution in [2.24, 2.45) is 10.9 Å². The van der Waals surface area contributed by atoms with Crippen LogP contribution in [0.3, 0.4) is 0 Å². The average Bonchev–Trinajstić information content (AvgIpc) is 2.15. The van der Waals surface area contributed by atoms with Crippen molar-refractivity contribution in [1.29, 1.82) is 0 Å². The van der Waals surface area contributed by atoms with Crippen LogP contribution in [0.4, 0.5) is 0 Å². The van der Waals surface area contributed by atoms with E-state index < -0.39 is 0 Å². The number of oxime groups is 1. The molecule has 4 heteroatoms. The maximum absolute atomic E-state index is 5.73. The summed E-state index contributed by atoms with van der Waals surface area (Å²) < 4.78 is 0. The summed E-state index contributed by atoms with van der Waals surface area (Å²) in [7, 11) is 0. The first-order chi connectivity index (χ1) is 6.68. The Morgan fingerprint density at radius 2 is 2.14 bits per heavy atom. The second-order valence-corrected chi connectivity index (χ2v) is 3.45. The first kappa shape index (κ1) is 11.0. The summed E-state index contributed by atoms with van der Waals surface area (Å²) in [4.78, 5) is 5.02. The molecule has 0 aromatic heterocycles. The number of rotatable bonds is 4. The summed E-state index contributed by atoms with van der Waals surface area (Å²) in [5.41, 5.74) is 6.47. The Balaban J connectivity index is 2.35. The molecule has 1 unspecified atom stereocenters. The van der Waals surface area contributed by atoms with Crippen molar-refractivity contribution in [3.8, 4) is 0 Å². The fraction of sp³-hybridized carbons (Fsp3) is 0.300. The molecule has 0 heterocycles. The highest BCUT2D eigenvalue weighted by atomic mass is 35.5. The van der Waals surface area contributed by atoms with Gasteiger partial charge in [0.1, 0.15) is 6.61 Å². The second kappa shape index (κ2) is 5.62. The van der Waals surface area contributed by atoms with Gasteiger partial charge in [0.25, 0.3) is 0 Å². The lowest BCUT2D eigenvalue weighted by atomic mass is 10.2. The Labute approximate surface area is 88.5 Å². The third-order valence-electron chi connectivity index (χ3n) is 1.52. The molecule has 0 aliphatic rings. The Morgan fingerprint density at radius 1 is 1.50 bits per heavy atom. The molecule has 1 atom stereocenters. The molecule has 0 fully saturated rings. The number of halogens is 1. The van der Waals surface area contributed by atoms with Crippen LogP contribution in [0.25, 0.3) is 0 Å². The first-order valence-electron chi connectivity index (χ1n) is 4.34. The van der Waals surface area contributed by atoms with Crippen molar-refractivity contribution in [1.82, 2.24) is 0 Å². The van der Waals surface area contributed by atoms with Crippen LogP contribution in [-0.2, 0) is 11.4 Å². The van der Waals surface area contributed by atoms with Crippen molar-refractivity contribution < 1.29 is 4.84 Å². The van der Waals surface area contributed by atoms with E-state index in [1.165, 1.54) is 0 Å². The van der Waals surface area contributed by atoms with Crippen molar-refractivity contribution in [2.75, 3.05) is 0 Å². The zero-order valence-corrected chi connectivity index (χ0v) is 8.74. The molecule has 1 rings (SSSR count). The van der Waals surface area contributed by atoms with Crippen LogP contribution < -0.4 is 5.73 Å². The minimum atomic E-state index is -0.0831. The normalized spacial score (nSPS) is 13.1. The Morgan fingerprint density at radius 3 is 2.71 bits per heavy atom. The van der Waals surface area contributed by atoms with Gasteiger partial charge in [-0.1, -0.05) is 28.9 Å². The van der Waals surface area contributed by atoms with Gasteiger partial charge in [-0.2, -0.15) is 0 Å². The van der Waals surface area contributed by atoms with Gasteiger partial charge in [-0.3, -0.25) is 0 Å². The molecule has 0 aliphatic heterocycles. The highest BCUT2D eigenvalue weighted by Gasteiger charge is 1.92. The molecule has 0 aliphatic carbocycles. The van der Waals surface area contributed by atoms with Crippen molar-refractivity contribution in [3.63, 3.8) is 0 Å². The van der Waals surface area contributed by atoms with Gasteiger partial charge in [0.15, 0.2) is 0 Å². The minimum absolute atomic E-state index is 0.0831. The van der Waals surface area contributed by atoms with E-state index in [0.717, 1.165) is 5.56 Å². The molecular weight excluding hydrogens is 200 g/mol. The van der Waals surface area contributed by atoms with Crippen LogP contribution in [0.15, 0.2) is 29.4 Å². The van der Waals surface area contributed by atoms with Crippen molar-refractivity contribution >= 4 is 17.8 Å². The number of nitrogens with two attached hydrogens (primary N) is 1. The lowest BCUT2D eigenvalue weighted by Gasteiger charge is -2.00. The van der Waals surface area contributed by atoms with Crippen LogP contribution in [0.5, 0.6) is 0 Å². The van der Waals surface area contributed by atoms with Crippen LogP contribution >= 0.6 is 11.6 Å². The van der Waals surface area contributed by atoms with E-state index in [1.807, 2.05) is 31.2 Å². The maximum Gasteiger partial charge on any atom is 0.142 e. The number of hydrogen-bond acceptors (Lipinski definition) is 3. The van der Waals surface area contributed by atoms with Gasteiger partial charge in [-0.25, -0.2) is 0 Å². The minimum Gasteiger partial charge on any atom is -0.391 e. The Kier molecular flexibility index (Phi) is 4.43. The van der Waals surface area contributed by atoms with E-state index in [9.17, 15) is 0 Å². The second-order valence-electron chi connectivity index (χ2n) is 3.01. The average molecular weight is 213 g/mol. The van der Waals surface area contributed by atoms with Crippen LogP contribution in [0.1, 0.15) is 12.5 Å². The third-order valence-corrected chi connectivity index (χ3v) is 1.77. The SMILES string of the molecule is CC(N)C=NOCc1ccc(Cl)cc1. The van der Waals surface area contributed by atoms with Gasteiger partial charge in [-0.15, -0.1) is 0 Å². The lowest BCUT2D eigenvalue weighted by molar-refractivity contribution is 0.131.